The maximum atomic E-state index is 5.57. The number of nitrogens with one attached hydrogen (secondary N) is 1. The topological polar surface area (TPSA) is 56.5 Å². The third-order valence-electron chi connectivity index (χ3n) is 3.14. The van der Waals surface area contributed by atoms with Crippen molar-refractivity contribution in [3.63, 3.8) is 0 Å². The molecule has 0 aliphatic carbocycles. The minimum atomic E-state index is 0.305. The SMILES string of the molecule is CCCOCCC(CCc1ccc(OC)cc1)NN. The van der Waals surface area contributed by atoms with Gasteiger partial charge < -0.3 is 9.47 Å². The van der Waals surface area contributed by atoms with E-state index in [1.807, 2.05) is 12.1 Å². The third-order valence-corrected chi connectivity index (χ3v) is 3.14. The fraction of sp³-hybridized carbons (Fsp3) is 0.600. The molecule has 0 heterocycles. The van der Waals surface area contributed by atoms with Crippen LogP contribution in [-0.2, 0) is 11.2 Å². The Hall–Kier alpha value is -1.10. The number of nitrogens with two attached hydrogens (primary N) is 1. The summed E-state index contributed by atoms with van der Waals surface area (Å²) in [6, 6.07) is 8.48. The van der Waals surface area contributed by atoms with Crippen LogP contribution < -0.4 is 16.0 Å². The van der Waals surface area contributed by atoms with Gasteiger partial charge >= 0.3 is 0 Å². The van der Waals surface area contributed by atoms with Gasteiger partial charge in [0.05, 0.1) is 7.11 Å². The number of hydrazine groups is 1. The summed E-state index contributed by atoms with van der Waals surface area (Å²) in [6.07, 6.45) is 4.03. The van der Waals surface area contributed by atoms with Gasteiger partial charge in [0, 0.05) is 19.3 Å². The van der Waals surface area contributed by atoms with Crippen LogP contribution >= 0.6 is 0 Å². The van der Waals surface area contributed by atoms with Crippen LogP contribution in [0.4, 0.5) is 0 Å². The summed E-state index contributed by atoms with van der Waals surface area (Å²) >= 11 is 0. The van der Waals surface area contributed by atoms with Gasteiger partial charge in [-0.1, -0.05) is 19.1 Å². The van der Waals surface area contributed by atoms with E-state index in [4.69, 9.17) is 15.3 Å². The lowest BCUT2D eigenvalue weighted by Gasteiger charge is -2.15. The van der Waals surface area contributed by atoms with Crippen LogP contribution in [0.5, 0.6) is 5.75 Å². The van der Waals surface area contributed by atoms with Crippen molar-refractivity contribution >= 4 is 0 Å². The van der Waals surface area contributed by atoms with E-state index in [1.165, 1.54) is 5.56 Å². The molecule has 0 radical (unpaired) electrons. The number of methoxy groups -OCH3 is 1. The second-order valence-corrected chi connectivity index (χ2v) is 4.65. The first-order chi connectivity index (χ1) is 9.30. The molecular formula is C15H26N2O2. The van der Waals surface area contributed by atoms with Gasteiger partial charge in [0.15, 0.2) is 0 Å². The smallest absolute Gasteiger partial charge is 0.118 e. The molecule has 0 aliphatic rings. The highest BCUT2D eigenvalue weighted by Crippen LogP contribution is 2.13. The molecule has 0 fully saturated rings. The summed E-state index contributed by atoms with van der Waals surface area (Å²) in [5.41, 5.74) is 4.17. The van der Waals surface area contributed by atoms with Gasteiger partial charge in [0.2, 0.25) is 0 Å². The molecular weight excluding hydrogens is 240 g/mol. The molecule has 0 saturated heterocycles. The van der Waals surface area contributed by atoms with Crippen molar-refractivity contribution < 1.29 is 9.47 Å². The van der Waals surface area contributed by atoms with E-state index in [9.17, 15) is 0 Å². The standard InChI is InChI=1S/C15H26N2O2/c1-3-11-19-12-10-14(17-16)7-4-13-5-8-15(18-2)9-6-13/h5-6,8-9,14,17H,3-4,7,10-12,16H2,1-2H3. The normalized spacial score (nSPS) is 12.4. The first kappa shape index (κ1) is 16.0. The van der Waals surface area contributed by atoms with Crippen LogP contribution in [0.3, 0.4) is 0 Å². The van der Waals surface area contributed by atoms with Crippen molar-refractivity contribution in [3.8, 4) is 5.75 Å². The summed E-state index contributed by atoms with van der Waals surface area (Å²) in [6.45, 7) is 3.71. The summed E-state index contributed by atoms with van der Waals surface area (Å²) < 4.78 is 10.6. The lowest BCUT2D eigenvalue weighted by atomic mass is 10.0. The quantitative estimate of drug-likeness (QED) is 0.387. The Bertz CT molecular complexity index is 327. The fourth-order valence-electron chi connectivity index (χ4n) is 1.92. The van der Waals surface area contributed by atoms with Crippen molar-refractivity contribution in [1.29, 1.82) is 0 Å². The Morgan fingerprint density at radius 1 is 1.16 bits per heavy atom. The first-order valence-corrected chi connectivity index (χ1v) is 6.97. The summed E-state index contributed by atoms with van der Waals surface area (Å²) in [5.74, 6) is 6.47. The maximum absolute atomic E-state index is 5.57. The molecule has 4 heteroatoms. The van der Waals surface area contributed by atoms with Gasteiger partial charge in [-0.3, -0.25) is 11.3 Å². The Kier molecular flexibility index (Phi) is 8.21. The predicted octanol–water partition coefficient (Wildman–Crippen LogP) is 2.28. The Morgan fingerprint density at radius 3 is 2.47 bits per heavy atom. The van der Waals surface area contributed by atoms with Crippen LogP contribution in [0, 0.1) is 0 Å². The molecule has 1 aromatic rings. The molecule has 0 spiro atoms. The maximum Gasteiger partial charge on any atom is 0.118 e. The minimum Gasteiger partial charge on any atom is -0.497 e. The van der Waals surface area contributed by atoms with E-state index in [1.54, 1.807) is 7.11 Å². The molecule has 1 unspecified atom stereocenters. The van der Waals surface area contributed by atoms with E-state index < -0.39 is 0 Å². The lowest BCUT2D eigenvalue weighted by molar-refractivity contribution is 0.123. The number of ether oxygens (including phenoxy) is 2. The van der Waals surface area contributed by atoms with Gasteiger partial charge in [-0.15, -0.1) is 0 Å². The largest absolute Gasteiger partial charge is 0.497 e. The summed E-state index contributed by atoms with van der Waals surface area (Å²) in [5, 5.41) is 0. The van der Waals surface area contributed by atoms with Crippen molar-refractivity contribution in [1.82, 2.24) is 5.43 Å². The number of aryl methyl sites for hydroxylation is 1. The van der Waals surface area contributed by atoms with E-state index in [2.05, 4.69) is 24.5 Å². The van der Waals surface area contributed by atoms with Gasteiger partial charge in [0.1, 0.15) is 5.75 Å². The zero-order valence-electron chi connectivity index (χ0n) is 12.0. The summed E-state index contributed by atoms with van der Waals surface area (Å²) in [7, 11) is 1.68. The highest BCUT2D eigenvalue weighted by Gasteiger charge is 2.06. The second kappa shape index (κ2) is 9.78. The predicted molar refractivity (Wildman–Crippen MR) is 78.2 cm³/mol. The molecule has 4 nitrogen and oxygen atoms in total. The highest BCUT2D eigenvalue weighted by atomic mass is 16.5. The van der Waals surface area contributed by atoms with Crippen LogP contribution in [0.2, 0.25) is 0 Å². The summed E-state index contributed by atoms with van der Waals surface area (Å²) in [4.78, 5) is 0. The molecule has 0 bridgehead atoms. The first-order valence-electron chi connectivity index (χ1n) is 6.97. The fourth-order valence-corrected chi connectivity index (χ4v) is 1.92. The number of hydrogen-bond acceptors (Lipinski definition) is 4. The van der Waals surface area contributed by atoms with Crippen molar-refractivity contribution in [3.05, 3.63) is 29.8 Å². The molecule has 1 aromatic carbocycles. The molecule has 0 saturated carbocycles. The molecule has 1 atom stereocenters. The Balaban J connectivity index is 2.27. The minimum absolute atomic E-state index is 0.305. The van der Waals surface area contributed by atoms with Crippen molar-refractivity contribution in [2.45, 2.75) is 38.6 Å². The third kappa shape index (κ3) is 6.57. The highest BCUT2D eigenvalue weighted by molar-refractivity contribution is 5.27. The van der Waals surface area contributed by atoms with Crippen LogP contribution in [0.25, 0.3) is 0 Å². The van der Waals surface area contributed by atoms with Crippen molar-refractivity contribution in [2.24, 2.45) is 5.84 Å². The number of rotatable bonds is 10. The lowest BCUT2D eigenvalue weighted by Crippen LogP contribution is -2.36. The van der Waals surface area contributed by atoms with E-state index >= 15 is 0 Å². The van der Waals surface area contributed by atoms with Gasteiger partial charge in [-0.05, 0) is 43.4 Å². The monoisotopic (exact) mass is 266 g/mol. The number of hydrogen-bond donors (Lipinski definition) is 2. The molecule has 0 aromatic heterocycles. The molecule has 19 heavy (non-hydrogen) atoms. The Morgan fingerprint density at radius 2 is 1.89 bits per heavy atom. The van der Waals surface area contributed by atoms with Gasteiger partial charge in [-0.2, -0.15) is 0 Å². The van der Waals surface area contributed by atoms with Crippen LogP contribution in [-0.4, -0.2) is 26.4 Å². The van der Waals surface area contributed by atoms with Crippen LogP contribution in [0.15, 0.2) is 24.3 Å². The molecule has 1 rings (SSSR count). The average Bonchev–Trinajstić information content (AvgIpc) is 2.47. The van der Waals surface area contributed by atoms with Crippen LogP contribution in [0.1, 0.15) is 31.7 Å². The second-order valence-electron chi connectivity index (χ2n) is 4.65. The van der Waals surface area contributed by atoms with Crippen molar-refractivity contribution in [2.75, 3.05) is 20.3 Å². The molecule has 0 amide bonds. The van der Waals surface area contributed by atoms with E-state index in [0.29, 0.717) is 6.04 Å². The average molecular weight is 266 g/mol. The number of benzene rings is 1. The van der Waals surface area contributed by atoms with E-state index in [0.717, 1.165) is 44.6 Å². The zero-order chi connectivity index (χ0) is 13.9. The zero-order valence-corrected chi connectivity index (χ0v) is 12.0. The molecule has 108 valence electrons. The van der Waals surface area contributed by atoms with E-state index in [-0.39, 0.29) is 0 Å². The Labute approximate surface area is 116 Å². The van der Waals surface area contributed by atoms with Gasteiger partial charge in [0.25, 0.3) is 0 Å². The molecule has 0 aliphatic heterocycles. The molecule has 3 N–H and O–H groups in total. The van der Waals surface area contributed by atoms with Gasteiger partial charge in [-0.25, -0.2) is 0 Å².